The monoisotopic (exact) mass is 590 g/mol. The Morgan fingerprint density at radius 2 is 1.86 bits per heavy atom. The van der Waals surface area contributed by atoms with Gasteiger partial charge in [0, 0.05) is 55.1 Å². The summed E-state index contributed by atoms with van der Waals surface area (Å²) in [4.78, 5) is 31.0. The van der Waals surface area contributed by atoms with Gasteiger partial charge in [-0.15, -0.1) is 12.8 Å². The van der Waals surface area contributed by atoms with Crippen LogP contribution >= 0.6 is 12.1 Å². The molecule has 0 aromatic heterocycles. The number of carbonyl (C=O) groups is 2. The van der Waals surface area contributed by atoms with Gasteiger partial charge < -0.3 is 14.5 Å². The van der Waals surface area contributed by atoms with Gasteiger partial charge >= 0.3 is 0 Å². The van der Waals surface area contributed by atoms with Crippen molar-refractivity contribution in [3.05, 3.63) is 76.9 Å². The Morgan fingerprint density at radius 1 is 1.14 bits per heavy atom. The van der Waals surface area contributed by atoms with Gasteiger partial charge in [0.25, 0.3) is 11.8 Å². The number of anilines is 1. The van der Waals surface area contributed by atoms with Gasteiger partial charge in [0.1, 0.15) is 0 Å². The van der Waals surface area contributed by atoms with Crippen LogP contribution in [0.5, 0.6) is 0 Å². The van der Waals surface area contributed by atoms with E-state index in [2.05, 4.69) is 41.2 Å². The quantitative estimate of drug-likeness (QED) is 0.299. The molecule has 0 bridgehead atoms. The van der Waals surface area contributed by atoms with E-state index in [0.717, 1.165) is 28.8 Å². The van der Waals surface area contributed by atoms with Crippen LogP contribution in [0.1, 0.15) is 54.9 Å². The number of rotatable bonds is 9. The Bertz CT molecular complexity index is 1200. The molecule has 2 fully saturated rings. The van der Waals surface area contributed by atoms with Crippen LogP contribution in [0.3, 0.4) is 0 Å². The number of morpholine rings is 1. The number of nitrogens with zero attached hydrogens (tertiary/aromatic N) is 3. The van der Waals surface area contributed by atoms with Gasteiger partial charge in [-0.2, -0.15) is 0 Å². The fraction of sp³-hybridized carbons (Fsp3) is 0.471. The molecule has 1 aromatic rings. The second-order valence-electron chi connectivity index (χ2n) is 11.0. The molecular weight excluding hydrogens is 544 g/mol. The van der Waals surface area contributed by atoms with E-state index in [-0.39, 0.29) is 11.8 Å². The molecule has 1 aliphatic carbocycles. The molecule has 7 nitrogen and oxygen atoms in total. The summed E-state index contributed by atoms with van der Waals surface area (Å²) in [7, 11) is 3.79. The van der Waals surface area contributed by atoms with E-state index >= 15 is 0 Å². The highest BCUT2D eigenvalue weighted by molar-refractivity contribution is 7.95. The first-order chi connectivity index (χ1) is 20.4. The van der Waals surface area contributed by atoms with Crippen LogP contribution in [0.4, 0.5) is 5.69 Å². The van der Waals surface area contributed by atoms with Crippen LogP contribution in [0, 0.1) is 18.8 Å². The van der Waals surface area contributed by atoms with E-state index in [1.807, 2.05) is 60.6 Å². The molecule has 2 aliphatic heterocycles. The first-order valence-electron chi connectivity index (χ1n) is 14.8. The number of ether oxygens (including phenoxy) is 1. The minimum atomic E-state index is -0.129. The second kappa shape index (κ2) is 17.0. The summed E-state index contributed by atoms with van der Waals surface area (Å²) in [5.41, 5.74) is 5.68. The molecule has 1 saturated heterocycles. The zero-order valence-electron chi connectivity index (χ0n) is 25.4. The number of hydrogen-bond donors (Lipinski definition) is 1. The molecule has 4 rings (SSSR count). The summed E-state index contributed by atoms with van der Waals surface area (Å²) in [6.07, 6.45) is 23.3. The number of terminal acetylenes is 1. The summed E-state index contributed by atoms with van der Waals surface area (Å²) < 4.78 is 10.3. The predicted molar refractivity (Wildman–Crippen MR) is 175 cm³/mol. The van der Waals surface area contributed by atoms with Gasteiger partial charge in [-0.3, -0.25) is 14.3 Å². The summed E-state index contributed by atoms with van der Waals surface area (Å²) in [5, 5.41) is 0. The number of hydrogen-bond acceptors (Lipinski definition) is 6. The van der Waals surface area contributed by atoms with Crippen molar-refractivity contribution in [3.63, 3.8) is 0 Å². The maximum atomic E-state index is 13.8. The van der Waals surface area contributed by atoms with Gasteiger partial charge in [0.15, 0.2) is 0 Å². The summed E-state index contributed by atoms with van der Waals surface area (Å²) in [6, 6.07) is 6.09. The van der Waals surface area contributed by atoms with Gasteiger partial charge in [0.2, 0.25) is 0 Å². The van der Waals surface area contributed by atoms with Crippen LogP contribution in [-0.4, -0.2) is 74.5 Å². The lowest BCUT2D eigenvalue weighted by molar-refractivity contribution is -0.131. The molecule has 3 aliphatic rings. The number of amides is 2. The van der Waals surface area contributed by atoms with Gasteiger partial charge in [-0.05, 0) is 68.3 Å². The third-order valence-electron chi connectivity index (χ3n) is 7.83. The van der Waals surface area contributed by atoms with Crippen LogP contribution in [0.2, 0.25) is 0 Å². The van der Waals surface area contributed by atoms with E-state index < -0.39 is 0 Å². The van der Waals surface area contributed by atoms with Crippen molar-refractivity contribution in [1.82, 2.24) is 13.9 Å². The van der Waals surface area contributed by atoms with Crippen molar-refractivity contribution < 1.29 is 14.3 Å². The van der Waals surface area contributed by atoms with E-state index in [1.165, 1.54) is 49.8 Å². The van der Waals surface area contributed by atoms with E-state index in [1.54, 1.807) is 0 Å². The molecule has 0 radical (unpaired) electrons. The molecule has 0 spiro atoms. The number of allylic oxidation sites excluding steroid dienone is 4. The predicted octanol–water partition coefficient (Wildman–Crippen LogP) is 5.58. The lowest BCUT2D eigenvalue weighted by Crippen LogP contribution is -2.43. The average molecular weight is 591 g/mol. The molecular formula is C34H46N4O3S. The van der Waals surface area contributed by atoms with Crippen molar-refractivity contribution in [2.24, 2.45) is 5.92 Å². The fourth-order valence-electron chi connectivity index (χ4n) is 5.76. The van der Waals surface area contributed by atoms with E-state index in [0.29, 0.717) is 50.9 Å². The van der Waals surface area contributed by atoms with Crippen molar-refractivity contribution in [3.8, 4) is 12.8 Å². The molecule has 0 atom stereocenters. The van der Waals surface area contributed by atoms with Crippen molar-refractivity contribution >= 4 is 29.6 Å². The number of benzene rings is 1. The van der Waals surface area contributed by atoms with Gasteiger partial charge in [0.05, 0.1) is 13.2 Å². The van der Waals surface area contributed by atoms with Gasteiger partial charge in [-0.1, -0.05) is 63.0 Å². The Hall–Kier alpha value is -3.25. The maximum absolute atomic E-state index is 13.8. The second-order valence-corrected chi connectivity index (χ2v) is 12.1. The third-order valence-corrected chi connectivity index (χ3v) is 8.47. The molecule has 1 aromatic carbocycles. The van der Waals surface area contributed by atoms with Gasteiger partial charge in [-0.25, -0.2) is 4.31 Å². The largest absolute Gasteiger partial charge is 0.378 e. The van der Waals surface area contributed by atoms with Crippen molar-refractivity contribution in [2.75, 3.05) is 58.4 Å². The van der Waals surface area contributed by atoms with E-state index in [9.17, 15) is 9.59 Å². The van der Waals surface area contributed by atoms with Crippen molar-refractivity contribution in [1.29, 1.82) is 0 Å². The first kappa shape index (κ1) is 33.3. The Morgan fingerprint density at radius 3 is 2.50 bits per heavy atom. The summed E-state index contributed by atoms with van der Waals surface area (Å²) in [5.74, 6) is 0.553. The maximum Gasteiger partial charge on any atom is 0.262 e. The lowest BCUT2D eigenvalue weighted by atomic mass is 9.84. The summed E-state index contributed by atoms with van der Waals surface area (Å²) >= 11 is 1.27. The highest BCUT2D eigenvalue weighted by Gasteiger charge is 2.27. The number of nitrogens with one attached hydrogen (secondary N) is 1. The normalized spacial score (nSPS) is 18.3. The molecule has 226 valence electrons. The third kappa shape index (κ3) is 9.12. The average Bonchev–Trinajstić information content (AvgIpc) is 3.21. The number of carbonyl (C=O) groups excluding carboxylic acids is 2. The molecule has 1 saturated carbocycles. The fourth-order valence-corrected chi connectivity index (χ4v) is 6.14. The Labute approximate surface area is 257 Å². The SMILES string of the molecule is C#C.C=CC1=C(/C=C\C)CN(c2cc(C(=O)NSN(C)C)ccc2CC2CCCCC2)CC(C(=O)N2CCOCC2)=C1. The molecule has 2 amide bonds. The topological polar surface area (TPSA) is 65.1 Å². The highest BCUT2D eigenvalue weighted by atomic mass is 32.2. The molecule has 8 heteroatoms. The standard InChI is InChI=1S/C32H44N4O3S.C2H2/c1-5-10-28-22-36(23-29(20-25(28)6-2)32(38)35-15-17-39-18-16-35)30-21-27(31(37)33-40-34(3)4)14-13-26(30)19-24-11-8-7-9-12-24;1-2/h5-6,10,13-14,20-21,24H,2,7-9,11-12,15-19,22-23H2,1,3-4H3,(H,33,37);1-2H/b10-5-;. The molecule has 1 N–H and O–H groups in total. The molecule has 0 unspecified atom stereocenters. The Kier molecular flexibility index (Phi) is 13.5. The highest BCUT2D eigenvalue weighted by Crippen LogP contribution is 2.34. The summed E-state index contributed by atoms with van der Waals surface area (Å²) in [6.45, 7) is 9.47. The zero-order chi connectivity index (χ0) is 30.5. The van der Waals surface area contributed by atoms with E-state index in [4.69, 9.17) is 4.74 Å². The minimum absolute atomic E-state index is 0.0412. The lowest BCUT2D eigenvalue weighted by Gasteiger charge is -2.32. The zero-order valence-corrected chi connectivity index (χ0v) is 26.3. The van der Waals surface area contributed by atoms with Crippen LogP contribution in [0.15, 0.2) is 65.8 Å². The molecule has 2 heterocycles. The van der Waals surface area contributed by atoms with Crippen LogP contribution in [0.25, 0.3) is 0 Å². The van der Waals surface area contributed by atoms with Crippen LogP contribution < -0.4 is 9.62 Å². The molecule has 42 heavy (non-hydrogen) atoms. The van der Waals surface area contributed by atoms with Crippen molar-refractivity contribution in [2.45, 2.75) is 45.4 Å². The minimum Gasteiger partial charge on any atom is -0.378 e. The van der Waals surface area contributed by atoms with Crippen LogP contribution in [-0.2, 0) is 16.0 Å². The smallest absolute Gasteiger partial charge is 0.262 e. The Balaban J connectivity index is 0.00000237. The first-order valence-corrected chi connectivity index (χ1v) is 15.6.